The van der Waals surface area contributed by atoms with Crippen molar-refractivity contribution in [3.05, 3.63) is 118 Å². The van der Waals surface area contributed by atoms with Crippen molar-refractivity contribution in [2.75, 3.05) is 10.6 Å². The fraction of sp³-hybridized carbons (Fsp3) is 0.161. The molecule has 0 bridgehead atoms. The summed E-state index contributed by atoms with van der Waals surface area (Å²) in [5, 5.41) is 25.7. The standard InChI is InChI=1S/C31H30N2O4/c1-19-11-13-27(34)25(15-19)32-29(36)21-7-5-9-23(17-21)31(3,4)24-10-6-8-22(18-24)30(37)33-26-16-20(2)12-14-28(26)35/h5-18,34-35H,1-4H3,(H,32,36)(H,33,37). The molecule has 4 aromatic rings. The number of benzene rings is 4. The Kier molecular flexibility index (Phi) is 7.02. The van der Waals surface area contributed by atoms with Crippen LogP contribution in [0.1, 0.15) is 56.8 Å². The summed E-state index contributed by atoms with van der Waals surface area (Å²) >= 11 is 0. The van der Waals surface area contributed by atoms with E-state index in [0.29, 0.717) is 22.5 Å². The smallest absolute Gasteiger partial charge is 0.255 e. The zero-order valence-corrected chi connectivity index (χ0v) is 21.3. The molecule has 0 fully saturated rings. The second-order valence-corrected chi connectivity index (χ2v) is 9.74. The van der Waals surface area contributed by atoms with Gasteiger partial charge in [0, 0.05) is 16.5 Å². The van der Waals surface area contributed by atoms with E-state index in [2.05, 4.69) is 10.6 Å². The molecular weight excluding hydrogens is 464 g/mol. The van der Waals surface area contributed by atoms with E-state index in [-0.39, 0.29) is 23.3 Å². The Labute approximate surface area is 216 Å². The van der Waals surface area contributed by atoms with Gasteiger partial charge >= 0.3 is 0 Å². The molecule has 4 N–H and O–H groups in total. The molecule has 0 spiro atoms. The monoisotopic (exact) mass is 494 g/mol. The molecule has 0 aliphatic rings. The lowest BCUT2D eigenvalue weighted by Gasteiger charge is -2.27. The number of aryl methyl sites for hydroxylation is 2. The third-order valence-corrected chi connectivity index (χ3v) is 6.49. The molecule has 188 valence electrons. The molecule has 6 nitrogen and oxygen atoms in total. The Balaban J connectivity index is 1.58. The van der Waals surface area contributed by atoms with E-state index in [4.69, 9.17) is 0 Å². The maximum absolute atomic E-state index is 13.0. The Morgan fingerprint density at radius 3 is 1.43 bits per heavy atom. The fourth-order valence-electron chi connectivity index (χ4n) is 4.15. The Hall–Kier alpha value is -4.58. The molecule has 0 radical (unpaired) electrons. The molecule has 4 aromatic carbocycles. The highest BCUT2D eigenvalue weighted by atomic mass is 16.3. The quantitative estimate of drug-likeness (QED) is 0.229. The van der Waals surface area contributed by atoms with Crippen molar-refractivity contribution >= 4 is 23.2 Å². The van der Waals surface area contributed by atoms with Crippen LogP contribution in [0.4, 0.5) is 11.4 Å². The van der Waals surface area contributed by atoms with Gasteiger partial charge in [-0.25, -0.2) is 0 Å². The van der Waals surface area contributed by atoms with E-state index in [1.807, 2.05) is 64.1 Å². The molecule has 0 saturated heterocycles. The maximum atomic E-state index is 13.0. The summed E-state index contributed by atoms with van der Waals surface area (Å²) in [6.07, 6.45) is 0. The highest BCUT2D eigenvalue weighted by Crippen LogP contribution is 2.33. The van der Waals surface area contributed by atoms with Crippen LogP contribution in [0.25, 0.3) is 0 Å². The third kappa shape index (κ3) is 5.64. The largest absolute Gasteiger partial charge is 0.506 e. The van der Waals surface area contributed by atoms with Crippen molar-refractivity contribution in [2.45, 2.75) is 33.1 Å². The normalized spacial score (nSPS) is 11.1. The number of amides is 2. The van der Waals surface area contributed by atoms with Crippen LogP contribution in [0.15, 0.2) is 84.9 Å². The highest BCUT2D eigenvalue weighted by molar-refractivity contribution is 6.06. The van der Waals surface area contributed by atoms with Gasteiger partial charge in [0.25, 0.3) is 11.8 Å². The molecule has 0 heterocycles. The van der Waals surface area contributed by atoms with E-state index in [0.717, 1.165) is 22.3 Å². The summed E-state index contributed by atoms with van der Waals surface area (Å²) in [6, 6.07) is 24.7. The molecule has 37 heavy (non-hydrogen) atoms. The van der Waals surface area contributed by atoms with Gasteiger partial charge in [-0.05, 0) is 84.6 Å². The first-order valence-corrected chi connectivity index (χ1v) is 12.0. The van der Waals surface area contributed by atoms with Crippen LogP contribution >= 0.6 is 0 Å². The number of nitrogens with one attached hydrogen (secondary N) is 2. The van der Waals surface area contributed by atoms with E-state index in [9.17, 15) is 19.8 Å². The average molecular weight is 495 g/mol. The molecule has 0 aliphatic heterocycles. The summed E-state index contributed by atoms with van der Waals surface area (Å²) in [5.74, 6) is -0.650. The zero-order chi connectivity index (χ0) is 26.7. The average Bonchev–Trinajstić information content (AvgIpc) is 2.88. The minimum Gasteiger partial charge on any atom is -0.506 e. The summed E-state index contributed by atoms with van der Waals surface area (Å²) in [7, 11) is 0. The van der Waals surface area contributed by atoms with Gasteiger partial charge in [-0.1, -0.05) is 50.2 Å². The number of carbonyl (C=O) groups excluding carboxylic acids is 2. The van der Waals surface area contributed by atoms with Crippen molar-refractivity contribution in [3.63, 3.8) is 0 Å². The second-order valence-electron chi connectivity index (χ2n) is 9.74. The predicted octanol–water partition coefficient (Wildman–Crippen LogP) is 6.55. The predicted molar refractivity (Wildman–Crippen MR) is 147 cm³/mol. The van der Waals surface area contributed by atoms with Crippen LogP contribution in [0.5, 0.6) is 11.5 Å². The van der Waals surface area contributed by atoms with Crippen molar-refractivity contribution in [3.8, 4) is 11.5 Å². The number of phenols is 2. The number of carbonyl (C=O) groups is 2. The van der Waals surface area contributed by atoms with Gasteiger partial charge in [0.05, 0.1) is 11.4 Å². The molecule has 0 aromatic heterocycles. The minimum atomic E-state index is -0.524. The lowest BCUT2D eigenvalue weighted by molar-refractivity contribution is 0.101. The van der Waals surface area contributed by atoms with E-state index in [1.54, 1.807) is 48.5 Å². The second kappa shape index (κ2) is 10.2. The first kappa shape index (κ1) is 25.5. The fourth-order valence-corrected chi connectivity index (χ4v) is 4.15. The summed E-state index contributed by atoms with van der Waals surface area (Å²) in [4.78, 5) is 25.9. The molecule has 6 heteroatoms. The van der Waals surface area contributed by atoms with Crippen molar-refractivity contribution < 1.29 is 19.8 Å². The van der Waals surface area contributed by atoms with Crippen LogP contribution in [-0.4, -0.2) is 22.0 Å². The van der Waals surface area contributed by atoms with Gasteiger partial charge in [-0.15, -0.1) is 0 Å². The Morgan fingerprint density at radius 1 is 0.622 bits per heavy atom. The molecule has 0 aliphatic carbocycles. The number of aromatic hydroxyl groups is 2. The molecule has 0 unspecified atom stereocenters. The number of hydrogen-bond acceptors (Lipinski definition) is 4. The number of rotatable bonds is 6. The van der Waals surface area contributed by atoms with Crippen molar-refractivity contribution in [1.82, 2.24) is 0 Å². The Morgan fingerprint density at radius 2 is 1.03 bits per heavy atom. The molecule has 4 rings (SSSR count). The summed E-state index contributed by atoms with van der Waals surface area (Å²) in [6.45, 7) is 7.83. The zero-order valence-electron chi connectivity index (χ0n) is 21.3. The lowest BCUT2D eigenvalue weighted by Crippen LogP contribution is -2.21. The van der Waals surface area contributed by atoms with Crippen LogP contribution in [0.3, 0.4) is 0 Å². The topological polar surface area (TPSA) is 98.7 Å². The van der Waals surface area contributed by atoms with Crippen LogP contribution < -0.4 is 10.6 Å². The first-order valence-electron chi connectivity index (χ1n) is 12.0. The van der Waals surface area contributed by atoms with Crippen molar-refractivity contribution in [1.29, 1.82) is 0 Å². The number of phenolic OH excluding ortho intramolecular Hbond substituents is 2. The number of hydrogen-bond donors (Lipinski definition) is 4. The maximum Gasteiger partial charge on any atom is 0.255 e. The van der Waals surface area contributed by atoms with Gasteiger partial charge in [0.1, 0.15) is 11.5 Å². The van der Waals surface area contributed by atoms with Crippen LogP contribution in [0.2, 0.25) is 0 Å². The van der Waals surface area contributed by atoms with Gasteiger partial charge in [0.2, 0.25) is 0 Å². The van der Waals surface area contributed by atoms with Gasteiger partial charge in [-0.2, -0.15) is 0 Å². The van der Waals surface area contributed by atoms with Crippen LogP contribution in [0, 0.1) is 13.8 Å². The van der Waals surface area contributed by atoms with Crippen molar-refractivity contribution in [2.24, 2.45) is 0 Å². The van der Waals surface area contributed by atoms with Crippen LogP contribution in [-0.2, 0) is 5.41 Å². The van der Waals surface area contributed by atoms with E-state index < -0.39 is 5.41 Å². The lowest BCUT2D eigenvalue weighted by atomic mass is 9.77. The molecule has 0 atom stereocenters. The SMILES string of the molecule is Cc1ccc(O)c(NC(=O)c2cccc(C(C)(C)c3cccc(C(=O)Nc4cc(C)ccc4O)c3)c2)c1. The Bertz CT molecular complexity index is 1380. The molecule has 2 amide bonds. The number of anilines is 2. The van der Waals surface area contributed by atoms with Gasteiger partial charge in [0.15, 0.2) is 0 Å². The molecule has 0 saturated carbocycles. The summed E-state index contributed by atoms with van der Waals surface area (Å²) < 4.78 is 0. The third-order valence-electron chi connectivity index (χ3n) is 6.49. The van der Waals surface area contributed by atoms with E-state index in [1.165, 1.54) is 0 Å². The first-order chi connectivity index (χ1) is 17.5. The minimum absolute atomic E-state index is 0.00417. The molecular formula is C31H30N2O4. The van der Waals surface area contributed by atoms with Gasteiger partial charge < -0.3 is 20.8 Å². The van der Waals surface area contributed by atoms with E-state index >= 15 is 0 Å². The highest BCUT2D eigenvalue weighted by Gasteiger charge is 2.25. The summed E-state index contributed by atoms with van der Waals surface area (Å²) in [5.41, 5.74) is 4.72. The van der Waals surface area contributed by atoms with Gasteiger partial charge in [-0.3, -0.25) is 9.59 Å².